The molecule has 4 rings (SSSR count). The summed E-state index contributed by atoms with van der Waals surface area (Å²) < 4.78 is 45.3. The number of likely N-dealkylation sites (tertiary alicyclic amines) is 1. The van der Waals surface area contributed by atoms with Crippen LogP contribution in [0.15, 0.2) is 45.8 Å². The van der Waals surface area contributed by atoms with Crippen LogP contribution < -0.4 is 4.74 Å². The number of hydrogen-bond acceptors (Lipinski definition) is 7. The number of carbonyl (C=O) groups excluding carboxylic acids is 3. The molecule has 0 unspecified atom stereocenters. The Kier molecular flexibility index (Phi) is 8.11. The fraction of sp³-hybridized carbons (Fsp3) is 0.292. The lowest BCUT2D eigenvalue weighted by Crippen LogP contribution is -2.44. The molecular weight excluding hydrogens is 595 g/mol. The van der Waals surface area contributed by atoms with Crippen molar-refractivity contribution >= 4 is 56.5 Å². The number of thioether (sulfide) groups is 1. The minimum atomic E-state index is -4.79. The number of piperidine rings is 1. The largest absolute Gasteiger partial charge is 0.449 e. The van der Waals surface area contributed by atoms with Crippen LogP contribution in [0.1, 0.15) is 30.4 Å². The highest BCUT2D eigenvalue weighted by molar-refractivity contribution is 9.10. The van der Waals surface area contributed by atoms with Crippen molar-refractivity contribution in [2.75, 3.05) is 19.6 Å². The molecule has 200 valence electrons. The minimum Gasteiger partial charge on any atom is -0.449 e. The van der Waals surface area contributed by atoms with Gasteiger partial charge in [-0.1, -0.05) is 15.9 Å². The second kappa shape index (κ2) is 11.2. The van der Waals surface area contributed by atoms with Gasteiger partial charge in [-0.2, -0.15) is 13.2 Å². The molecule has 0 radical (unpaired) electrons. The molecule has 0 atom stereocenters. The summed E-state index contributed by atoms with van der Waals surface area (Å²) in [7, 11) is 0. The molecule has 0 N–H and O–H groups in total. The van der Waals surface area contributed by atoms with Crippen molar-refractivity contribution in [3.63, 3.8) is 0 Å². The zero-order valence-corrected chi connectivity index (χ0v) is 21.9. The number of ether oxygens (including phenoxy) is 1. The summed E-state index contributed by atoms with van der Waals surface area (Å²) in [6, 6.07) is 6.32. The number of nitro benzene ring substituents is 1. The Morgan fingerprint density at radius 1 is 1.11 bits per heavy atom. The highest BCUT2D eigenvalue weighted by Gasteiger charge is 2.38. The number of rotatable bonds is 6. The fourth-order valence-corrected chi connectivity index (χ4v) is 5.13. The van der Waals surface area contributed by atoms with E-state index in [1.807, 2.05) is 0 Å². The average Bonchev–Trinajstić information content (AvgIpc) is 3.12. The summed E-state index contributed by atoms with van der Waals surface area (Å²) in [5, 5.41) is 10.8. The molecule has 14 heteroatoms. The molecule has 2 heterocycles. The molecule has 0 aromatic heterocycles. The minimum absolute atomic E-state index is 0.00718. The zero-order chi connectivity index (χ0) is 27.6. The lowest BCUT2D eigenvalue weighted by molar-refractivity contribution is -0.385. The van der Waals surface area contributed by atoms with Crippen molar-refractivity contribution in [3.05, 3.63) is 67.0 Å². The van der Waals surface area contributed by atoms with Gasteiger partial charge in [0.15, 0.2) is 0 Å². The van der Waals surface area contributed by atoms with Crippen LogP contribution in [0.2, 0.25) is 0 Å². The zero-order valence-electron chi connectivity index (χ0n) is 19.5. The Labute approximate surface area is 226 Å². The number of carbonyl (C=O) groups is 3. The molecule has 38 heavy (non-hydrogen) atoms. The van der Waals surface area contributed by atoms with Crippen LogP contribution in [0.5, 0.6) is 11.5 Å². The van der Waals surface area contributed by atoms with Gasteiger partial charge in [0.05, 0.1) is 15.4 Å². The number of alkyl halides is 3. The van der Waals surface area contributed by atoms with Crippen LogP contribution in [0, 0.1) is 10.1 Å². The van der Waals surface area contributed by atoms with Crippen molar-refractivity contribution in [1.29, 1.82) is 0 Å². The van der Waals surface area contributed by atoms with E-state index in [1.165, 1.54) is 24.3 Å². The highest BCUT2D eigenvalue weighted by atomic mass is 79.9. The second-order valence-electron chi connectivity index (χ2n) is 8.43. The molecule has 0 aliphatic carbocycles. The van der Waals surface area contributed by atoms with Crippen LogP contribution in [-0.2, 0) is 15.8 Å². The first-order chi connectivity index (χ1) is 17.9. The SMILES string of the molecule is O=C(CN1C(=O)S/C(=C/c2cc(Br)ccc2Oc2ccc(C(F)(F)F)cc2[N+](=O)[O-])C1=O)N1CCCCC1. The first-order valence-electron chi connectivity index (χ1n) is 11.3. The lowest BCUT2D eigenvalue weighted by Gasteiger charge is -2.27. The van der Waals surface area contributed by atoms with Gasteiger partial charge in [0.2, 0.25) is 11.7 Å². The van der Waals surface area contributed by atoms with Crippen LogP contribution in [0.3, 0.4) is 0 Å². The average molecular weight is 614 g/mol. The summed E-state index contributed by atoms with van der Waals surface area (Å²) in [5.41, 5.74) is -1.88. The standard InChI is InChI=1S/C24H19BrF3N3O6S/c25-16-5-7-18(37-19-6-4-15(24(26,27)28)12-17(19)31(35)36)14(10-16)11-20-22(33)30(23(34)38-20)13-21(32)29-8-2-1-3-9-29/h4-7,10-12H,1-3,8-9,13H2/b20-11+. The van der Waals surface area contributed by atoms with Gasteiger partial charge in [-0.25, -0.2) is 0 Å². The Morgan fingerprint density at radius 3 is 2.45 bits per heavy atom. The van der Waals surface area contributed by atoms with Gasteiger partial charge in [-0.3, -0.25) is 29.4 Å². The monoisotopic (exact) mass is 613 g/mol. The maximum absolute atomic E-state index is 13.0. The molecule has 2 aliphatic heterocycles. The Morgan fingerprint density at radius 2 is 1.79 bits per heavy atom. The van der Waals surface area contributed by atoms with Gasteiger partial charge in [0.1, 0.15) is 12.3 Å². The molecular formula is C24H19BrF3N3O6S. The van der Waals surface area contributed by atoms with Gasteiger partial charge < -0.3 is 9.64 Å². The molecule has 2 aliphatic rings. The second-order valence-corrected chi connectivity index (χ2v) is 10.3. The van der Waals surface area contributed by atoms with E-state index in [0.717, 1.165) is 30.2 Å². The smallest absolute Gasteiger partial charge is 0.416 e. The third-order valence-corrected chi connectivity index (χ3v) is 7.24. The van der Waals surface area contributed by atoms with Gasteiger partial charge in [-0.05, 0) is 67.4 Å². The fourth-order valence-electron chi connectivity index (χ4n) is 3.92. The number of halogens is 4. The number of nitro groups is 1. The normalized spacial score (nSPS) is 17.3. The molecule has 3 amide bonds. The number of amides is 3. The van der Waals surface area contributed by atoms with E-state index < -0.39 is 39.2 Å². The summed E-state index contributed by atoms with van der Waals surface area (Å²) in [6.07, 6.45) is -0.732. The van der Waals surface area contributed by atoms with Gasteiger partial charge in [-0.15, -0.1) is 0 Å². The molecule has 2 saturated heterocycles. The highest BCUT2D eigenvalue weighted by Crippen LogP contribution is 2.40. The molecule has 9 nitrogen and oxygen atoms in total. The van der Waals surface area contributed by atoms with Crippen molar-refractivity contribution in [3.8, 4) is 11.5 Å². The maximum Gasteiger partial charge on any atom is 0.416 e. The summed E-state index contributed by atoms with van der Waals surface area (Å²) >= 11 is 3.90. The first kappa shape index (κ1) is 27.6. The van der Waals surface area contributed by atoms with Crippen molar-refractivity contribution in [2.24, 2.45) is 0 Å². The van der Waals surface area contributed by atoms with Crippen molar-refractivity contribution in [1.82, 2.24) is 9.80 Å². The third-order valence-electron chi connectivity index (χ3n) is 5.84. The van der Waals surface area contributed by atoms with Gasteiger partial charge >= 0.3 is 11.9 Å². The van der Waals surface area contributed by atoms with E-state index >= 15 is 0 Å². The molecule has 2 fully saturated rings. The van der Waals surface area contributed by atoms with Crippen LogP contribution in [0.25, 0.3) is 6.08 Å². The van der Waals surface area contributed by atoms with Crippen LogP contribution in [-0.4, -0.2) is 51.4 Å². The third kappa shape index (κ3) is 6.18. The first-order valence-corrected chi connectivity index (χ1v) is 12.9. The van der Waals surface area contributed by atoms with E-state index in [-0.39, 0.29) is 28.7 Å². The topological polar surface area (TPSA) is 110 Å². The number of imide groups is 1. The Balaban J connectivity index is 1.60. The van der Waals surface area contributed by atoms with E-state index in [9.17, 15) is 37.7 Å². The quantitative estimate of drug-likeness (QED) is 0.216. The predicted octanol–water partition coefficient (Wildman–Crippen LogP) is 6.22. The number of hydrogen-bond donors (Lipinski definition) is 0. The lowest BCUT2D eigenvalue weighted by atomic mass is 10.1. The molecule has 0 spiro atoms. The van der Waals surface area contributed by atoms with E-state index in [4.69, 9.17) is 4.74 Å². The van der Waals surface area contributed by atoms with Crippen LogP contribution >= 0.6 is 27.7 Å². The van der Waals surface area contributed by atoms with E-state index in [0.29, 0.717) is 41.5 Å². The van der Waals surface area contributed by atoms with Crippen molar-refractivity contribution in [2.45, 2.75) is 25.4 Å². The summed E-state index contributed by atoms with van der Waals surface area (Å²) in [4.78, 5) is 51.0. The van der Waals surface area contributed by atoms with E-state index in [2.05, 4.69) is 15.9 Å². The van der Waals surface area contributed by atoms with Crippen LogP contribution in [0.4, 0.5) is 23.7 Å². The van der Waals surface area contributed by atoms with Crippen molar-refractivity contribution < 1.29 is 37.2 Å². The summed E-state index contributed by atoms with van der Waals surface area (Å²) in [6.45, 7) is 0.751. The molecule has 2 aromatic rings. The molecule has 2 aromatic carbocycles. The Bertz CT molecular complexity index is 1340. The van der Waals surface area contributed by atoms with Gasteiger partial charge in [0.25, 0.3) is 11.1 Å². The summed E-state index contributed by atoms with van der Waals surface area (Å²) in [5.74, 6) is -1.46. The molecule has 0 bridgehead atoms. The Hall–Kier alpha value is -3.39. The predicted molar refractivity (Wildman–Crippen MR) is 135 cm³/mol. The number of nitrogens with zero attached hydrogens (tertiary/aromatic N) is 3. The maximum atomic E-state index is 13.0. The van der Waals surface area contributed by atoms with Gasteiger partial charge in [0, 0.05) is 29.2 Å². The number of benzene rings is 2. The van der Waals surface area contributed by atoms with E-state index in [1.54, 1.807) is 4.90 Å². The molecule has 0 saturated carbocycles.